The Morgan fingerprint density at radius 2 is 1.79 bits per heavy atom. The lowest BCUT2D eigenvalue weighted by atomic mass is 10.2. The number of aromatic nitrogens is 1. The first-order chi connectivity index (χ1) is 9.08. The van der Waals surface area contributed by atoms with Crippen LogP contribution in [0.25, 0.3) is 5.69 Å². The molecule has 0 unspecified atom stereocenters. The molecule has 4 heteroatoms. The Kier molecular flexibility index (Phi) is 3.02. The van der Waals surface area contributed by atoms with Crippen molar-refractivity contribution >= 4 is 11.6 Å². The standard InChI is InChI=1S/C15H15ClFNO/c1-9-3-4-10(2)18(9)12-7-8-13(14(16)15(12)17)19-11-5-6-11/h3-4,7-8,11H,5-6H2,1-2H3. The second-order valence-corrected chi connectivity index (χ2v) is 5.36. The maximum absolute atomic E-state index is 14.4. The normalized spacial score (nSPS) is 14.7. The molecule has 1 fully saturated rings. The Hall–Kier alpha value is -1.48. The van der Waals surface area contributed by atoms with Gasteiger partial charge >= 0.3 is 0 Å². The molecule has 3 rings (SSSR count). The fourth-order valence-electron chi connectivity index (χ4n) is 2.20. The molecule has 1 aliphatic rings. The van der Waals surface area contributed by atoms with Gasteiger partial charge in [-0.25, -0.2) is 4.39 Å². The van der Waals surface area contributed by atoms with Crippen LogP contribution in [0.2, 0.25) is 5.02 Å². The van der Waals surface area contributed by atoms with Gasteiger partial charge in [-0.2, -0.15) is 0 Å². The molecule has 0 amide bonds. The summed E-state index contributed by atoms with van der Waals surface area (Å²) in [5, 5.41) is 0.0666. The van der Waals surface area contributed by atoms with Crippen molar-refractivity contribution < 1.29 is 9.13 Å². The zero-order chi connectivity index (χ0) is 13.6. The molecule has 2 aromatic rings. The van der Waals surface area contributed by atoms with Gasteiger partial charge in [0.2, 0.25) is 0 Å². The van der Waals surface area contributed by atoms with Crippen LogP contribution in [0.5, 0.6) is 5.75 Å². The number of rotatable bonds is 3. The molecule has 0 spiro atoms. The Morgan fingerprint density at radius 1 is 1.16 bits per heavy atom. The van der Waals surface area contributed by atoms with Crippen molar-refractivity contribution in [2.24, 2.45) is 0 Å². The summed E-state index contributed by atoms with van der Waals surface area (Å²) in [7, 11) is 0. The van der Waals surface area contributed by atoms with Gasteiger partial charge in [0.05, 0.1) is 11.8 Å². The maximum atomic E-state index is 14.4. The first-order valence-electron chi connectivity index (χ1n) is 6.38. The average Bonchev–Trinajstić information content (AvgIpc) is 3.14. The number of aryl methyl sites for hydroxylation is 2. The third kappa shape index (κ3) is 2.23. The zero-order valence-corrected chi connectivity index (χ0v) is 11.7. The smallest absolute Gasteiger partial charge is 0.169 e. The minimum Gasteiger partial charge on any atom is -0.489 e. The summed E-state index contributed by atoms with van der Waals surface area (Å²) < 4.78 is 21.9. The van der Waals surface area contributed by atoms with Gasteiger partial charge in [0, 0.05) is 11.4 Å². The minimum absolute atomic E-state index is 0.0666. The molecule has 0 bridgehead atoms. The molecule has 1 saturated carbocycles. The van der Waals surface area contributed by atoms with Gasteiger partial charge in [-0.3, -0.25) is 0 Å². The Labute approximate surface area is 116 Å². The van der Waals surface area contributed by atoms with E-state index >= 15 is 0 Å². The monoisotopic (exact) mass is 279 g/mol. The van der Waals surface area contributed by atoms with Gasteiger partial charge in [-0.05, 0) is 51.0 Å². The molecule has 1 aromatic heterocycles. The third-order valence-electron chi connectivity index (χ3n) is 3.36. The molecule has 2 nitrogen and oxygen atoms in total. The molecule has 0 radical (unpaired) electrons. The minimum atomic E-state index is -0.429. The second kappa shape index (κ2) is 4.57. The molecular formula is C15H15ClFNO. The lowest BCUT2D eigenvalue weighted by Crippen LogP contribution is -2.04. The van der Waals surface area contributed by atoms with Crippen LogP contribution in [-0.2, 0) is 0 Å². The zero-order valence-electron chi connectivity index (χ0n) is 10.9. The highest BCUT2D eigenvalue weighted by atomic mass is 35.5. The molecular weight excluding hydrogens is 265 g/mol. The van der Waals surface area contributed by atoms with E-state index in [1.54, 1.807) is 12.1 Å². The number of ether oxygens (including phenoxy) is 1. The largest absolute Gasteiger partial charge is 0.489 e. The predicted molar refractivity (Wildman–Crippen MR) is 73.9 cm³/mol. The molecule has 19 heavy (non-hydrogen) atoms. The highest BCUT2D eigenvalue weighted by Crippen LogP contribution is 2.36. The van der Waals surface area contributed by atoms with Crippen LogP contribution in [0.4, 0.5) is 4.39 Å². The van der Waals surface area contributed by atoms with Gasteiger partial charge in [-0.15, -0.1) is 0 Å². The molecule has 0 saturated heterocycles. The molecule has 0 atom stereocenters. The van der Waals surface area contributed by atoms with E-state index in [2.05, 4.69) is 0 Å². The topological polar surface area (TPSA) is 14.2 Å². The fourth-order valence-corrected chi connectivity index (χ4v) is 2.40. The van der Waals surface area contributed by atoms with Crippen molar-refractivity contribution in [3.63, 3.8) is 0 Å². The molecule has 0 aliphatic heterocycles. The fraction of sp³-hybridized carbons (Fsp3) is 0.333. The lowest BCUT2D eigenvalue weighted by molar-refractivity contribution is 0.302. The highest BCUT2D eigenvalue weighted by Gasteiger charge is 2.26. The average molecular weight is 280 g/mol. The quantitative estimate of drug-likeness (QED) is 0.811. The first-order valence-corrected chi connectivity index (χ1v) is 6.75. The van der Waals surface area contributed by atoms with Crippen molar-refractivity contribution in [2.75, 3.05) is 0 Å². The Bertz CT molecular complexity index is 612. The molecule has 1 heterocycles. The summed E-state index contributed by atoms with van der Waals surface area (Å²) in [6, 6.07) is 7.38. The van der Waals surface area contributed by atoms with Crippen molar-refractivity contribution in [1.29, 1.82) is 0 Å². The van der Waals surface area contributed by atoms with Gasteiger partial charge < -0.3 is 9.30 Å². The summed E-state index contributed by atoms with van der Waals surface area (Å²) in [5.74, 6) is 0.00935. The van der Waals surface area contributed by atoms with Gasteiger partial charge in [0.1, 0.15) is 10.8 Å². The van der Waals surface area contributed by atoms with Crippen LogP contribution in [0.15, 0.2) is 24.3 Å². The van der Waals surface area contributed by atoms with E-state index in [1.165, 1.54) is 0 Å². The van der Waals surface area contributed by atoms with E-state index in [0.29, 0.717) is 11.4 Å². The molecule has 1 aromatic carbocycles. The van der Waals surface area contributed by atoms with Crippen molar-refractivity contribution in [3.8, 4) is 11.4 Å². The summed E-state index contributed by atoms with van der Waals surface area (Å²) in [5.41, 5.74) is 2.42. The van der Waals surface area contributed by atoms with E-state index < -0.39 is 5.82 Å². The maximum Gasteiger partial charge on any atom is 0.169 e. The van der Waals surface area contributed by atoms with Crippen LogP contribution in [0.3, 0.4) is 0 Å². The number of nitrogens with zero attached hydrogens (tertiary/aromatic N) is 1. The molecule has 1 aliphatic carbocycles. The predicted octanol–water partition coefficient (Wildman–Crippen LogP) is 4.43. The van der Waals surface area contributed by atoms with E-state index in [0.717, 1.165) is 24.2 Å². The summed E-state index contributed by atoms with van der Waals surface area (Å²) in [6.45, 7) is 3.88. The summed E-state index contributed by atoms with van der Waals surface area (Å²) >= 11 is 6.08. The molecule has 100 valence electrons. The van der Waals surface area contributed by atoms with Gasteiger partial charge in [-0.1, -0.05) is 11.6 Å². The van der Waals surface area contributed by atoms with E-state index in [9.17, 15) is 4.39 Å². The van der Waals surface area contributed by atoms with Crippen LogP contribution in [0, 0.1) is 19.7 Å². The Morgan fingerprint density at radius 3 is 2.37 bits per heavy atom. The number of hydrogen-bond acceptors (Lipinski definition) is 1. The van der Waals surface area contributed by atoms with Crippen LogP contribution >= 0.6 is 11.6 Å². The molecule has 0 N–H and O–H groups in total. The summed E-state index contributed by atoms with van der Waals surface area (Å²) in [4.78, 5) is 0. The highest BCUT2D eigenvalue weighted by molar-refractivity contribution is 6.32. The van der Waals surface area contributed by atoms with Crippen molar-refractivity contribution in [1.82, 2.24) is 4.57 Å². The van der Waals surface area contributed by atoms with Gasteiger partial charge in [0.25, 0.3) is 0 Å². The second-order valence-electron chi connectivity index (χ2n) is 4.98. The van der Waals surface area contributed by atoms with E-state index in [4.69, 9.17) is 16.3 Å². The van der Waals surface area contributed by atoms with Crippen molar-refractivity contribution in [3.05, 3.63) is 46.5 Å². The first kappa shape index (κ1) is 12.5. The number of halogens is 2. The van der Waals surface area contributed by atoms with E-state index in [1.807, 2.05) is 30.5 Å². The van der Waals surface area contributed by atoms with E-state index in [-0.39, 0.29) is 11.1 Å². The van der Waals surface area contributed by atoms with Crippen LogP contribution in [0.1, 0.15) is 24.2 Å². The van der Waals surface area contributed by atoms with Crippen LogP contribution in [-0.4, -0.2) is 10.7 Å². The van der Waals surface area contributed by atoms with Crippen molar-refractivity contribution in [2.45, 2.75) is 32.8 Å². The summed E-state index contributed by atoms with van der Waals surface area (Å²) in [6.07, 6.45) is 2.25. The Balaban J connectivity index is 2.05. The number of hydrogen-bond donors (Lipinski definition) is 0. The van der Waals surface area contributed by atoms with Crippen LogP contribution < -0.4 is 4.74 Å². The lowest BCUT2D eigenvalue weighted by Gasteiger charge is -2.14. The SMILES string of the molecule is Cc1ccc(C)n1-c1ccc(OC2CC2)c(Cl)c1F. The third-order valence-corrected chi connectivity index (χ3v) is 3.71. The number of benzene rings is 1. The van der Waals surface area contributed by atoms with Gasteiger partial charge in [0.15, 0.2) is 5.82 Å².